The predicted molar refractivity (Wildman–Crippen MR) is 78.7 cm³/mol. The Balaban J connectivity index is 1.87. The fraction of sp³-hybridized carbons (Fsp3) is 0.250. The third kappa shape index (κ3) is 3.79. The van der Waals surface area contributed by atoms with E-state index >= 15 is 0 Å². The second kappa shape index (κ2) is 6.50. The Hall–Kier alpha value is -1.91. The van der Waals surface area contributed by atoms with Crippen LogP contribution in [0.2, 0.25) is 0 Å². The minimum Gasteiger partial charge on any atom is -0.396 e. The molecule has 2 aromatic rings. The summed E-state index contributed by atoms with van der Waals surface area (Å²) >= 11 is 0. The summed E-state index contributed by atoms with van der Waals surface area (Å²) in [6.45, 7) is 3.10. The maximum absolute atomic E-state index is 13.0. The van der Waals surface area contributed by atoms with Gasteiger partial charge >= 0.3 is 0 Å². The number of nitrogens with one attached hydrogen (secondary N) is 1. The number of benzene rings is 2. The zero-order valence-corrected chi connectivity index (χ0v) is 11.4. The molecule has 0 heterocycles. The molecular formula is C16H19FN2O. The van der Waals surface area contributed by atoms with Gasteiger partial charge in [0.2, 0.25) is 0 Å². The van der Waals surface area contributed by atoms with Gasteiger partial charge in [-0.15, -0.1) is 0 Å². The first kappa shape index (κ1) is 14.5. The Morgan fingerprint density at radius 2 is 1.90 bits per heavy atom. The molecule has 3 nitrogen and oxygen atoms in total. The van der Waals surface area contributed by atoms with Crippen molar-refractivity contribution in [1.82, 2.24) is 5.32 Å². The Morgan fingerprint density at radius 1 is 1.20 bits per heavy atom. The maximum atomic E-state index is 13.0. The third-order valence-electron chi connectivity index (χ3n) is 3.19. The number of aliphatic hydroxyl groups is 1. The van der Waals surface area contributed by atoms with E-state index in [1.165, 1.54) is 17.7 Å². The summed E-state index contributed by atoms with van der Waals surface area (Å²) in [5.41, 5.74) is 8.53. The monoisotopic (exact) mass is 274 g/mol. The second-order valence-corrected chi connectivity index (χ2v) is 4.91. The van der Waals surface area contributed by atoms with Crippen molar-refractivity contribution in [2.45, 2.75) is 19.6 Å². The van der Waals surface area contributed by atoms with Crippen molar-refractivity contribution < 1.29 is 9.50 Å². The van der Waals surface area contributed by atoms with Gasteiger partial charge in [0.15, 0.2) is 0 Å². The van der Waals surface area contributed by atoms with E-state index in [4.69, 9.17) is 5.73 Å². The van der Waals surface area contributed by atoms with Crippen molar-refractivity contribution in [1.29, 1.82) is 0 Å². The Kier molecular flexibility index (Phi) is 4.71. The molecule has 0 spiro atoms. The normalized spacial score (nSPS) is 12.3. The number of hydrogen-bond acceptors (Lipinski definition) is 3. The average Bonchev–Trinajstić information content (AvgIpc) is 2.44. The molecular weight excluding hydrogens is 255 g/mol. The number of nitrogens with two attached hydrogens (primary N) is 1. The van der Waals surface area contributed by atoms with Crippen LogP contribution in [0, 0.1) is 12.7 Å². The van der Waals surface area contributed by atoms with E-state index in [0.717, 1.165) is 5.56 Å². The van der Waals surface area contributed by atoms with Gasteiger partial charge in [-0.3, -0.25) is 0 Å². The molecule has 0 saturated carbocycles. The predicted octanol–water partition coefficient (Wildman–Crippen LogP) is 2.54. The molecule has 2 rings (SSSR count). The summed E-state index contributed by atoms with van der Waals surface area (Å²) in [6, 6.07) is 12.5. The second-order valence-electron chi connectivity index (χ2n) is 4.91. The third-order valence-corrected chi connectivity index (χ3v) is 3.19. The molecule has 0 saturated heterocycles. The lowest BCUT2D eigenvalue weighted by Gasteiger charge is -2.13. The Bertz CT molecular complexity index is 569. The van der Waals surface area contributed by atoms with E-state index in [1.807, 2.05) is 31.2 Å². The first-order valence-corrected chi connectivity index (χ1v) is 6.55. The lowest BCUT2D eigenvalue weighted by atomic mass is 10.1. The maximum Gasteiger partial charge on any atom is 0.146 e. The molecule has 0 fully saturated rings. The van der Waals surface area contributed by atoms with Gasteiger partial charge in [-0.25, -0.2) is 4.39 Å². The van der Waals surface area contributed by atoms with E-state index < -0.39 is 11.9 Å². The van der Waals surface area contributed by atoms with Gasteiger partial charge in [-0.2, -0.15) is 0 Å². The summed E-state index contributed by atoms with van der Waals surface area (Å²) in [5, 5.41) is 13.2. The topological polar surface area (TPSA) is 58.3 Å². The van der Waals surface area contributed by atoms with Crippen LogP contribution < -0.4 is 11.1 Å². The van der Waals surface area contributed by atoms with Crippen LogP contribution >= 0.6 is 0 Å². The first-order chi connectivity index (χ1) is 9.56. The highest BCUT2D eigenvalue weighted by Gasteiger charge is 2.09. The van der Waals surface area contributed by atoms with E-state index in [0.29, 0.717) is 18.7 Å². The molecule has 0 aliphatic heterocycles. The van der Waals surface area contributed by atoms with E-state index in [9.17, 15) is 9.50 Å². The van der Waals surface area contributed by atoms with Crippen LogP contribution in [0.4, 0.5) is 10.1 Å². The zero-order chi connectivity index (χ0) is 14.5. The van der Waals surface area contributed by atoms with Crippen LogP contribution in [0.5, 0.6) is 0 Å². The molecule has 0 aromatic heterocycles. The van der Waals surface area contributed by atoms with Gasteiger partial charge in [-0.05, 0) is 30.2 Å². The van der Waals surface area contributed by atoms with E-state index in [1.54, 1.807) is 6.07 Å². The van der Waals surface area contributed by atoms with Gasteiger partial charge in [0.1, 0.15) is 5.82 Å². The molecule has 2 aromatic carbocycles. The van der Waals surface area contributed by atoms with E-state index in [-0.39, 0.29) is 5.69 Å². The molecule has 0 bridgehead atoms. The van der Waals surface area contributed by atoms with Crippen molar-refractivity contribution in [2.75, 3.05) is 12.3 Å². The number of rotatable bonds is 5. The molecule has 20 heavy (non-hydrogen) atoms. The molecule has 0 amide bonds. The standard InChI is InChI=1S/C16H19FN2O/c1-11-2-4-12(5-3-11)9-19-10-16(20)13-6-7-14(17)15(18)8-13/h2-8,16,19-20H,9-10,18H2,1H3. The number of aryl methyl sites for hydroxylation is 1. The van der Waals surface area contributed by atoms with Crippen molar-refractivity contribution in [3.05, 3.63) is 65.0 Å². The van der Waals surface area contributed by atoms with Crippen LogP contribution in [0.25, 0.3) is 0 Å². The van der Waals surface area contributed by atoms with Gasteiger partial charge in [0, 0.05) is 13.1 Å². The van der Waals surface area contributed by atoms with Crippen molar-refractivity contribution in [3.63, 3.8) is 0 Å². The molecule has 0 aliphatic carbocycles. The SMILES string of the molecule is Cc1ccc(CNCC(O)c2ccc(F)c(N)c2)cc1. The fourth-order valence-electron chi connectivity index (χ4n) is 1.95. The van der Waals surface area contributed by atoms with E-state index in [2.05, 4.69) is 5.32 Å². The Labute approximate surface area is 118 Å². The molecule has 4 N–H and O–H groups in total. The van der Waals surface area contributed by atoms with Crippen LogP contribution in [0.3, 0.4) is 0 Å². The number of nitrogen functional groups attached to an aromatic ring is 1. The highest BCUT2D eigenvalue weighted by Crippen LogP contribution is 2.18. The smallest absolute Gasteiger partial charge is 0.146 e. The molecule has 0 aliphatic rings. The number of halogens is 1. The number of hydrogen-bond donors (Lipinski definition) is 3. The molecule has 4 heteroatoms. The van der Waals surface area contributed by atoms with Crippen molar-refractivity contribution in [3.8, 4) is 0 Å². The number of aliphatic hydroxyl groups excluding tert-OH is 1. The first-order valence-electron chi connectivity index (χ1n) is 6.55. The minimum absolute atomic E-state index is 0.0556. The molecule has 1 unspecified atom stereocenters. The van der Waals surface area contributed by atoms with Crippen LogP contribution in [-0.4, -0.2) is 11.7 Å². The largest absolute Gasteiger partial charge is 0.396 e. The lowest BCUT2D eigenvalue weighted by molar-refractivity contribution is 0.174. The molecule has 106 valence electrons. The van der Waals surface area contributed by atoms with Crippen LogP contribution in [-0.2, 0) is 6.54 Å². The van der Waals surface area contributed by atoms with Crippen molar-refractivity contribution >= 4 is 5.69 Å². The van der Waals surface area contributed by atoms with Gasteiger partial charge < -0.3 is 16.2 Å². The zero-order valence-electron chi connectivity index (χ0n) is 11.4. The summed E-state index contributed by atoms with van der Waals surface area (Å²) in [7, 11) is 0. The highest BCUT2D eigenvalue weighted by molar-refractivity contribution is 5.43. The fourth-order valence-corrected chi connectivity index (χ4v) is 1.95. The summed E-state index contributed by atoms with van der Waals surface area (Å²) in [5.74, 6) is -0.464. The average molecular weight is 274 g/mol. The summed E-state index contributed by atoms with van der Waals surface area (Å²) in [6.07, 6.45) is -0.705. The summed E-state index contributed by atoms with van der Waals surface area (Å²) < 4.78 is 13.0. The van der Waals surface area contributed by atoms with Crippen molar-refractivity contribution in [2.24, 2.45) is 0 Å². The van der Waals surface area contributed by atoms with Gasteiger partial charge in [0.25, 0.3) is 0 Å². The number of anilines is 1. The Morgan fingerprint density at radius 3 is 2.55 bits per heavy atom. The van der Waals surface area contributed by atoms with Gasteiger partial charge in [-0.1, -0.05) is 35.9 Å². The van der Waals surface area contributed by atoms with Crippen LogP contribution in [0.1, 0.15) is 22.8 Å². The molecule has 1 atom stereocenters. The molecule has 0 radical (unpaired) electrons. The van der Waals surface area contributed by atoms with Gasteiger partial charge in [0.05, 0.1) is 11.8 Å². The summed E-state index contributed by atoms with van der Waals surface area (Å²) in [4.78, 5) is 0. The highest BCUT2D eigenvalue weighted by atomic mass is 19.1. The van der Waals surface area contributed by atoms with Crippen LogP contribution in [0.15, 0.2) is 42.5 Å². The lowest BCUT2D eigenvalue weighted by Crippen LogP contribution is -2.21. The minimum atomic E-state index is -0.705. The quantitative estimate of drug-likeness (QED) is 0.734.